The van der Waals surface area contributed by atoms with Gasteiger partial charge < -0.3 is 10.1 Å². The van der Waals surface area contributed by atoms with E-state index < -0.39 is 5.97 Å². The van der Waals surface area contributed by atoms with Crippen LogP contribution >= 0.6 is 11.6 Å². The van der Waals surface area contributed by atoms with Crippen molar-refractivity contribution in [2.24, 2.45) is 0 Å². The average Bonchev–Trinajstić information content (AvgIpc) is 2.80. The molecule has 0 bridgehead atoms. The smallest absolute Gasteiger partial charge is 0.343 e. The molecule has 1 N–H and O–H groups in total. The molecule has 0 saturated carbocycles. The van der Waals surface area contributed by atoms with Crippen molar-refractivity contribution in [1.29, 1.82) is 0 Å². The number of esters is 1. The molecule has 1 amide bonds. The predicted molar refractivity (Wildman–Crippen MR) is 123 cm³/mol. The van der Waals surface area contributed by atoms with Gasteiger partial charge >= 0.3 is 5.97 Å². The van der Waals surface area contributed by atoms with E-state index in [1.165, 1.54) is 0 Å². The zero-order valence-corrected chi connectivity index (χ0v) is 17.2. The number of anilines is 1. The summed E-state index contributed by atoms with van der Waals surface area (Å²) in [5.41, 5.74) is 3.38. The Kier molecular flexibility index (Phi) is 6.11. The lowest BCUT2D eigenvalue weighted by atomic mass is 10.0. The number of hydrogen-bond donors (Lipinski definition) is 1. The minimum atomic E-state index is -0.478. The maximum absolute atomic E-state index is 12.5. The average molecular weight is 428 g/mol. The molecule has 0 heterocycles. The highest BCUT2D eigenvalue weighted by molar-refractivity contribution is 6.34. The summed E-state index contributed by atoms with van der Waals surface area (Å²) in [6, 6.07) is 30.6. The number of halogens is 1. The molecular formula is C26H18ClNO3. The van der Waals surface area contributed by atoms with Crippen molar-refractivity contribution < 1.29 is 14.3 Å². The molecule has 0 saturated heterocycles. The van der Waals surface area contributed by atoms with Crippen molar-refractivity contribution in [3.63, 3.8) is 0 Å². The van der Waals surface area contributed by atoms with Crippen LogP contribution < -0.4 is 10.1 Å². The van der Waals surface area contributed by atoms with E-state index in [-0.39, 0.29) is 5.91 Å². The van der Waals surface area contributed by atoms with Crippen molar-refractivity contribution in [1.82, 2.24) is 0 Å². The number of carbonyl (C=O) groups excluding carboxylic acids is 2. The summed E-state index contributed by atoms with van der Waals surface area (Å²) in [5, 5.41) is 3.13. The third-order valence-electron chi connectivity index (χ3n) is 4.65. The first-order valence-electron chi connectivity index (χ1n) is 9.64. The van der Waals surface area contributed by atoms with E-state index in [2.05, 4.69) is 5.32 Å². The number of nitrogens with one attached hydrogen (secondary N) is 1. The molecule has 0 atom stereocenters. The lowest BCUT2D eigenvalue weighted by Crippen LogP contribution is -2.13. The maximum Gasteiger partial charge on any atom is 0.343 e. The van der Waals surface area contributed by atoms with Gasteiger partial charge in [0, 0.05) is 11.8 Å². The first kappa shape index (κ1) is 20.4. The van der Waals surface area contributed by atoms with Gasteiger partial charge in [0.15, 0.2) is 0 Å². The van der Waals surface area contributed by atoms with E-state index in [1.54, 1.807) is 60.7 Å². The third kappa shape index (κ3) is 5.00. The van der Waals surface area contributed by atoms with Crippen LogP contribution in [-0.4, -0.2) is 11.9 Å². The number of hydrogen-bond acceptors (Lipinski definition) is 3. The molecule has 0 radical (unpaired) electrons. The Hall–Kier alpha value is -3.89. The fourth-order valence-corrected chi connectivity index (χ4v) is 3.30. The monoisotopic (exact) mass is 427 g/mol. The number of rotatable bonds is 5. The Labute approximate surface area is 185 Å². The van der Waals surface area contributed by atoms with Crippen molar-refractivity contribution >= 4 is 29.2 Å². The summed E-state index contributed by atoms with van der Waals surface area (Å²) in [6.45, 7) is 0. The second-order valence-electron chi connectivity index (χ2n) is 6.79. The first-order valence-corrected chi connectivity index (χ1v) is 10.0. The van der Waals surface area contributed by atoms with Crippen LogP contribution in [0.2, 0.25) is 5.02 Å². The van der Waals surface area contributed by atoms with Gasteiger partial charge in [-0.1, -0.05) is 72.3 Å². The summed E-state index contributed by atoms with van der Waals surface area (Å²) < 4.78 is 5.48. The lowest BCUT2D eigenvalue weighted by Gasteiger charge is -2.09. The van der Waals surface area contributed by atoms with Gasteiger partial charge in [0.2, 0.25) is 0 Å². The molecule has 5 heteroatoms. The molecule has 0 aromatic heterocycles. The third-order valence-corrected chi connectivity index (χ3v) is 4.98. The van der Waals surface area contributed by atoms with E-state index >= 15 is 0 Å². The summed E-state index contributed by atoms with van der Waals surface area (Å²) >= 11 is 6.07. The number of benzene rings is 4. The molecule has 0 unspecified atom stereocenters. The van der Waals surface area contributed by atoms with E-state index in [1.807, 2.05) is 42.5 Å². The highest BCUT2D eigenvalue weighted by Crippen LogP contribution is 2.23. The highest BCUT2D eigenvalue weighted by Gasteiger charge is 2.12. The molecule has 0 fully saturated rings. The molecule has 0 aliphatic carbocycles. The van der Waals surface area contributed by atoms with Crippen molar-refractivity contribution in [3.05, 3.63) is 119 Å². The molecule has 0 aliphatic heterocycles. The molecule has 0 aliphatic rings. The minimum absolute atomic E-state index is 0.328. The molecular weight excluding hydrogens is 410 g/mol. The Bertz CT molecular complexity index is 1220. The Morgan fingerprint density at radius 3 is 2.13 bits per heavy atom. The van der Waals surface area contributed by atoms with E-state index in [0.717, 1.165) is 11.1 Å². The van der Waals surface area contributed by atoms with Crippen LogP contribution in [-0.2, 0) is 0 Å². The summed E-state index contributed by atoms with van der Waals surface area (Å²) in [6.07, 6.45) is 0. The quantitative estimate of drug-likeness (QED) is 0.293. The topological polar surface area (TPSA) is 55.4 Å². The standard InChI is InChI=1S/C26H18ClNO3/c27-24-12-5-4-11-23(24)25(29)28-21-9-6-10-22(17-21)31-26(30)20-15-13-19(14-16-20)18-7-2-1-3-8-18/h1-17H,(H,28,29). The molecule has 4 nitrogen and oxygen atoms in total. The van der Waals surface area contributed by atoms with E-state index in [0.29, 0.717) is 27.6 Å². The van der Waals surface area contributed by atoms with E-state index in [9.17, 15) is 9.59 Å². The van der Waals surface area contributed by atoms with Crippen molar-refractivity contribution in [2.75, 3.05) is 5.32 Å². The molecule has 4 aromatic carbocycles. The highest BCUT2D eigenvalue weighted by atomic mass is 35.5. The second-order valence-corrected chi connectivity index (χ2v) is 7.20. The van der Waals surface area contributed by atoms with Gasteiger partial charge in [0.1, 0.15) is 5.75 Å². The molecule has 152 valence electrons. The van der Waals surface area contributed by atoms with Crippen molar-refractivity contribution in [2.45, 2.75) is 0 Å². The summed E-state index contributed by atoms with van der Waals surface area (Å²) in [7, 11) is 0. The van der Waals surface area contributed by atoms with E-state index in [4.69, 9.17) is 16.3 Å². The molecule has 4 rings (SSSR count). The number of ether oxygens (including phenoxy) is 1. The van der Waals surface area contributed by atoms with Gasteiger partial charge in [0.05, 0.1) is 16.1 Å². The van der Waals surface area contributed by atoms with Gasteiger partial charge in [-0.3, -0.25) is 4.79 Å². The molecule has 4 aromatic rings. The largest absolute Gasteiger partial charge is 0.423 e. The van der Waals surface area contributed by atoms with Gasteiger partial charge in [-0.25, -0.2) is 4.79 Å². The van der Waals surface area contributed by atoms with Gasteiger partial charge in [-0.05, 0) is 47.5 Å². The fraction of sp³-hybridized carbons (Fsp3) is 0. The van der Waals surface area contributed by atoms with Gasteiger partial charge in [-0.15, -0.1) is 0 Å². The lowest BCUT2D eigenvalue weighted by molar-refractivity contribution is 0.0735. The van der Waals surface area contributed by atoms with Crippen LogP contribution in [0.5, 0.6) is 5.75 Å². The van der Waals surface area contributed by atoms with Gasteiger partial charge in [-0.2, -0.15) is 0 Å². The Morgan fingerprint density at radius 2 is 1.39 bits per heavy atom. The summed E-state index contributed by atoms with van der Waals surface area (Å²) in [5.74, 6) is -0.492. The second kappa shape index (κ2) is 9.28. The maximum atomic E-state index is 12.5. The van der Waals surface area contributed by atoms with Crippen LogP contribution in [0.1, 0.15) is 20.7 Å². The Balaban J connectivity index is 1.44. The van der Waals surface area contributed by atoms with Crippen LogP contribution in [0, 0.1) is 0 Å². The normalized spacial score (nSPS) is 10.4. The Morgan fingerprint density at radius 1 is 0.710 bits per heavy atom. The van der Waals surface area contributed by atoms with Gasteiger partial charge in [0.25, 0.3) is 5.91 Å². The predicted octanol–water partition coefficient (Wildman–Crippen LogP) is 6.48. The van der Waals surface area contributed by atoms with Crippen LogP contribution in [0.4, 0.5) is 5.69 Å². The van der Waals surface area contributed by atoms with Crippen LogP contribution in [0.3, 0.4) is 0 Å². The zero-order chi connectivity index (χ0) is 21.6. The fourth-order valence-electron chi connectivity index (χ4n) is 3.08. The van der Waals surface area contributed by atoms with Crippen LogP contribution in [0.25, 0.3) is 11.1 Å². The van der Waals surface area contributed by atoms with Crippen LogP contribution in [0.15, 0.2) is 103 Å². The summed E-state index contributed by atoms with van der Waals surface area (Å²) in [4.78, 5) is 25.0. The molecule has 31 heavy (non-hydrogen) atoms. The SMILES string of the molecule is O=C(Oc1cccc(NC(=O)c2ccccc2Cl)c1)c1ccc(-c2ccccc2)cc1. The minimum Gasteiger partial charge on any atom is -0.423 e. The number of carbonyl (C=O) groups is 2. The number of amides is 1. The first-order chi connectivity index (χ1) is 15.1. The zero-order valence-electron chi connectivity index (χ0n) is 16.4. The molecule has 0 spiro atoms. The van der Waals surface area contributed by atoms with Crippen molar-refractivity contribution in [3.8, 4) is 16.9 Å².